The fourth-order valence-corrected chi connectivity index (χ4v) is 5.67. The Bertz CT molecular complexity index is 1310. The van der Waals surface area contributed by atoms with Crippen LogP contribution in [0.5, 0.6) is 5.75 Å². The third-order valence-corrected chi connectivity index (χ3v) is 7.84. The maximum absolute atomic E-state index is 13.8. The summed E-state index contributed by atoms with van der Waals surface area (Å²) in [6.07, 6.45) is -0.545. The van der Waals surface area contributed by atoms with E-state index in [0.29, 0.717) is 5.75 Å². The fraction of sp³-hybridized carbons (Fsp3) is 0.528. The summed E-state index contributed by atoms with van der Waals surface area (Å²) in [5.74, 6) is -4.06. The minimum absolute atomic E-state index is 0.0107. The highest BCUT2D eigenvalue weighted by Gasteiger charge is 2.48. The number of hydrogen-bond donors (Lipinski definition) is 2. The molecule has 0 heterocycles. The van der Waals surface area contributed by atoms with Crippen LogP contribution in [-0.4, -0.2) is 79.7 Å². The molecule has 0 saturated carbocycles. The Kier molecular flexibility index (Phi) is 16.6. The van der Waals surface area contributed by atoms with Gasteiger partial charge in [-0.25, -0.2) is 0 Å². The van der Waals surface area contributed by atoms with Crippen LogP contribution in [0, 0.1) is 16.7 Å². The Hall–Kier alpha value is -4.45. The van der Waals surface area contributed by atoms with E-state index in [2.05, 4.69) is 0 Å². The second kappa shape index (κ2) is 20.0. The standard InChI is InChI=1S/C36H48O12/c1-26(28-11-7-5-8-12-28)23-35(3,34(43)48-22-20-45-31(40)16-15-30(38)39)25-36(4,33(42)47-18-17-37)24-27(2)32(41)46-21-19-44-29-13-9-6-10-14-29/h5-14,26-27,37H,15-25H2,1-4H3,(H,38,39). The van der Waals surface area contributed by atoms with E-state index in [1.54, 1.807) is 32.9 Å². The number of aliphatic hydroxyl groups is 1. The van der Waals surface area contributed by atoms with Crippen molar-refractivity contribution in [2.45, 2.75) is 65.7 Å². The van der Waals surface area contributed by atoms with E-state index in [-0.39, 0.29) is 71.1 Å². The Morgan fingerprint density at radius 1 is 0.688 bits per heavy atom. The molecule has 0 bridgehead atoms. The highest BCUT2D eigenvalue weighted by atomic mass is 16.6. The SMILES string of the molecule is CC(CC(C)(CC(C)(CC(C)c1ccccc1)C(=O)OCCOC(=O)CCC(=O)O)C(=O)OCCO)C(=O)OCCOc1ccccc1. The molecular formula is C36H48O12. The summed E-state index contributed by atoms with van der Waals surface area (Å²) in [6.45, 7) is 5.75. The van der Waals surface area contributed by atoms with Crippen LogP contribution in [0.15, 0.2) is 60.7 Å². The highest BCUT2D eigenvalue weighted by molar-refractivity contribution is 5.82. The van der Waals surface area contributed by atoms with Gasteiger partial charge >= 0.3 is 29.8 Å². The molecule has 0 spiro atoms. The largest absolute Gasteiger partial charge is 0.490 e. The molecule has 264 valence electrons. The van der Waals surface area contributed by atoms with Gasteiger partial charge in [-0.3, -0.25) is 24.0 Å². The van der Waals surface area contributed by atoms with E-state index in [4.69, 9.17) is 28.8 Å². The molecule has 12 heteroatoms. The minimum atomic E-state index is -1.39. The predicted molar refractivity (Wildman–Crippen MR) is 174 cm³/mol. The summed E-state index contributed by atoms with van der Waals surface area (Å²) in [5, 5.41) is 18.1. The van der Waals surface area contributed by atoms with Gasteiger partial charge in [-0.15, -0.1) is 0 Å². The topological polar surface area (TPSA) is 172 Å². The Balaban J connectivity index is 2.21. The number of carbonyl (C=O) groups is 5. The van der Waals surface area contributed by atoms with Gasteiger partial charge in [0.2, 0.25) is 0 Å². The Morgan fingerprint density at radius 3 is 1.83 bits per heavy atom. The van der Waals surface area contributed by atoms with Gasteiger partial charge < -0.3 is 33.9 Å². The third kappa shape index (κ3) is 13.7. The zero-order valence-electron chi connectivity index (χ0n) is 28.2. The Labute approximate surface area is 281 Å². The number of rotatable bonds is 22. The summed E-state index contributed by atoms with van der Waals surface area (Å²) in [7, 11) is 0. The van der Waals surface area contributed by atoms with Crippen molar-refractivity contribution in [2.75, 3.05) is 39.6 Å². The van der Waals surface area contributed by atoms with Gasteiger partial charge in [-0.05, 0) is 56.7 Å². The van der Waals surface area contributed by atoms with Crippen LogP contribution >= 0.6 is 0 Å². The van der Waals surface area contributed by atoms with Gasteiger partial charge in [0.05, 0.1) is 36.2 Å². The summed E-state index contributed by atoms with van der Waals surface area (Å²) >= 11 is 0. The lowest BCUT2D eigenvalue weighted by Crippen LogP contribution is -2.43. The highest BCUT2D eigenvalue weighted by Crippen LogP contribution is 2.45. The van der Waals surface area contributed by atoms with Crippen LogP contribution in [-0.2, 0) is 42.9 Å². The first-order valence-electron chi connectivity index (χ1n) is 16.0. The van der Waals surface area contributed by atoms with Crippen molar-refractivity contribution in [3.8, 4) is 5.75 Å². The van der Waals surface area contributed by atoms with Gasteiger partial charge in [0, 0.05) is 0 Å². The zero-order chi connectivity index (χ0) is 35.6. The van der Waals surface area contributed by atoms with E-state index in [1.165, 1.54) is 0 Å². The van der Waals surface area contributed by atoms with Crippen molar-refractivity contribution in [1.29, 1.82) is 0 Å². The van der Waals surface area contributed by atoms with Gasteiger partial charge in [0.15, 0.2) is 0 Å². The number of carboxylic acid groups (broad SMARTS) is 1. The molecule has 4 unspecified atom stereocenters. The normalized spacial score (nSPS) is 14.7. The maximum Gasteiger partial charge on any atom is 0.311 e. The number of ether oxygens (including phenoxy) is 5. The van der Waals surface area contributed by atoms with Gasteiger partial charge in [-0.1, -0.05) is 62.4 Å². The number of esters is 4. The molecule has 0 radical (unpaired) electrons. The zero-order valence-corrected chi connectivity index (χ0v) is 28.2. The molecule has 0 saturated heterocycles. The van der Waals surface area contributed by atoms with Crippen molar-refractivity contribution in [1.82, 2.24) is 0 Å². The number of aliphatic hydroxyl groups excluding tert-OH is 1. The summed E-state index contributed by atoms with van der Waals surface area (Å²) < 4.78 is 26.9. The van der Waals surface area contributed by atoms with E-state index < -0.39 is 53.2 Å². The lowest BCUT2D eigenvalue weighted by molar-refractivity contribution is -0.169. The predicted octanol–water partition coefficient (Wildman–Crippen LogP) is 4.72. The van der Waals surface area contributed by atoms with Crippen molar-refractivity contribution in [3.05, 3.63) is 66.2 Å². The summed E-state index contributed by atoms with van der Waals surface area (Å²) in [5.41, 5.74) is -1.72. The molecule has 2 aromatic rings. The van der Waals surface area contributed by atoms with E-state index in [9.17, 15) is 29.1 Å². The van der Waals surface area contributed by atoms with Gasteiger partial charge in [-0.2, -0.15) is 0 Å². The lowest BCUT2D eigenvalue weighted by Gasteiger charge is -2.38. The number of para-hydroxylation sites is 1. The van der Waals surface area contributed by atoms with E-state index in [1.807, 2.05) is 55.5 Å². The Morgan fingerprint density at radius 2 is 1.23 bits per heavy atom. The molecular weight excluding hydrogens is 624 g/mol. The van der Waals surface area contributed by atoms with Crippen LogP contribution in [0.3, 0.4) is 0 Å². The van der Waals surface area contributed by atoms with Crippen molar-refractivity contribution in [3.63, 3.8) is 0 Å². The molecule has 4 atom stereocenters. The average molecular weight is 673 g/mol. The smallest absolute Gasteiger partial charge is 0.311 e. The van der Waals surface area contributed by atoms with Crippen LogP contribution in [0.25, 0.3) is 0 Å². The van der Waals surface area contributed by atoms with Gasteiger partial charge in [0.25, 0.3) is 0 Å². The van der Waals surface area contributed by atoms with Crippen LogP contribution < -0.4 is 4.74 Å². The second-order valence-corrected chi connectivity index (χ2v) is 12.4. The van der Waals surface area contributed by atoms with Gasteiger partial charge in [0.1, 0.15) is 38.8 Å². The lowest BCUT2D eigenvalue weighted by atomic mass is 9.66. The molecule has 2 rings (SSSR count). The van der Waals surface area contributed by atoms with Crippen LogP contribution in [0.1, 0.15) is 71.3 Å². The molecule has 48 heavy (non-hydrogen) atoms. The molecule has 0 fully saturated rings. The molecule has 0 aliphatic rings. The quantitative estimate of drug-likeness (QED) is 0.100. The van der Waals surface area contributed by atoms with E-state index >= 15 is 0 Å². The second-order valence-electron chi connectivity index (χ2n) is 12.4. The van der Waals surface area contributed by atoms with Crippen molar-refractivity contribution < 1.29 is 57.9 Å². The van der Waals surface area contributed by atoms with Crippen LogP contribution in [0.4, 0.5) is 0 Å². The molecule has 0 aromatic heterocycles. The number of carbonyl (C=O) groups excluding carboxylic acids is 4. The molecule has 2 aromatic carbocycles. The summed E-state index contributed by atoms with van der Waals surface area (Å²) in [4.78, 5) is 62.8. The molecule has 0 amide bonds. The fourth-order valence-electron chi connectivity index (χ4n) is 5.67. The number of hydrogen-bond acceptors (Lipinski definition) is 11. The monoisotopic (exact) mass is 672 g/mol. The molecule has 0 aliphatic carbocycles. The molecule has 0 aliphatic heterocycles. The third-order valence-electron chi connectivity index (χ3n) is 7.84. The maximum atomic E-state index is 13.8. The number of carboxylic acids is 1. The number of aliphatic carboxylic acids is 1. The van der Waals surface area contributed by atoms with E-state index in [0.717, 1.165) is 5.56 Å². The minimum Gasteiger partial charge on any atom is -0.490 e. The first-order valence-corrected chi connectivity index (χ1v) is 16.0. The molecule has 12 nitrogen and oxygen atoms in total. The first kappa shape index (κ1) is 39.7. The molecule has 2 N–H and O–H groups in total. The number of benzene rings is 2. The average Bonchev–Trinajstić information content (AvgIpc) is 3.06. The summed E-state index contributed by atoms with van der Waals surface area (Å²) in [6, 6.07) is 18.6. The van der Waals surface area contributed by atoms with Crippen molar-refractivity contribution >= 4 is 29.8 Å². The first-order chi connectivity index (χ1) is 22.8. The van der Waals surface area contributed by atoms with Crippen molar-refractivity contribution in [2.24, 2.45) is 16.7 Å². The van der Waals surface area contributed by atoms with Crippen LogP contribution in [0.2, 0.25) is 0 Å².